The van der Waals surface area contributed by atoms with E-state index in [1.165, 1.54) is 0 Å². The number of nitrogens with zero attached hydrogens (tertiary/aromatic N) is 4. The van der Waals surface area contributed by atoms with Gasteiger partial charge in [-0.05, 0) is 32.0 Å². The normalized spacial score (nSPS) is 15.6. The molecule has 3 rings (SSSR count). The Morgan fingerprint density at radius 3 is 2.52 bits per heavy atom. The highest BCUT2D eigenvalue weighted by molar-refractivity contribution is 5.97. The second-order valence-electron chi connectivity index (χ2n) is 7.23. The first kappa shape index (κ1) is 20.7. The second kappa shape index (κ2) is 9.97. The Morgan fingerprint density at radius 2 is 1.83 bits per heavy atom. The quantitative estimate of drug-likeness (QED) is 0.721. The van der Waals surface area contributed by atoms with E-state index in [4.69, 9.17) is 0 Å². The van der Waals surface area contributed by atoms with Crippen LogP contribution in [0.1, 0.15) is 22.8 Å². The van der Waals surface area contributed by atoms with Gasteiger partial charge in [-0.3, -0.25) is 14.5 Å². The van der Waals surface area contributed by atoms with Crippen LogP contribution in [-0.4, -0.2) is 72.0 Å². The van der Waals surface area contributed by atoms with Crippen LogP contribution in [0, 0.1) is 6.92 Å². The van der Waals surface area contributed by atoms with Crippen LogP contribution in [0.25, 0.3) is 0 Å². The first-order chi connectivity index (χ1) is 14.0. The van der Waals surface area contributed by atoms with E-state index in [9.17, 15) is 9.59 Å². The molecule has 29 heavy (non-hydrogen) atoms. The maximum atomic E-state index is 12.3. The lowest BCUT2D eigenvalue weighted by molar-refractivity contribution is -0.122. The van der Waals surface area contributed by atoms with Gasteiger partial charge in [-0.15, -0.1) is 0 Å². The Balaban J connectivity index is 1.36. The predicted octanol–water partition coefficient (Wildman–Crippen LogP) is 0.842. The minimum Gasteiger partial charge on any atom is -0.353 e. The SMILES string of the molecule is Cc1cccc(C(=O)NC(C)C(=O)NCCN2CCN(c3ncccn3)CC2)c1. The zero-order valence-electron chi connectivity index (χ0n) is 17.0. The molecule has 1 saturated heterocycles. The van der Waals surface area contributed by atoms with Gasteiger partial charge in [0.05, 0.1) is 0 Å². The van der Waals surface area contributed by atoms with Crippen LogP contribution in [0.3, 0.4) is 0 Å². The molecule has 0 bridgehead atoms. The van der Waals surface area contributed by atoms with E-state index >= 15 is 0 Å². The third-order valence-corrected chi connectivity index (χ3v) is 4.96. The Morgan fingerprint density at radius 1 is 1.10 bits per heavy atom. The van der Waals surface area contributed by atoms with E-state index in [2.05, 4.69) is 30.4 Å². The molecule has 154 valence electrons. The zero-order chi connectivity index (χ0) is 20.6. The zero-order valence-corrected chi connectivity index (χ0v) is 17.0. The van der Waals surface area contributed by atoms with Crippen molar-refractivity contribution in [2.45, 2.75) is 19.9 Å². The van der Waals surface area contributed by atoms with Crippen molar-refractivity contribution in [1.82, 2.24) is 25.5 Å². The molecule has 2 aromatic rings. The fraction of sp³-hybridized carbons (Fsp3) is 0.429. The summed E-state index contributed by atoms with van der Waals surface area (Å²) in [4.78, 5) is 37.6. The molecule has 1 aliphatic heterocycles. The van der Waals surface area contributed by atoms with Gasteiger partial charge in [-0.1, -0.05) is 17.7 Å². The summed E-state index contributed by atoms with van der Waals surface area (Å²) in [6, 6.07) is 8.54. The summed E-state index contributed by atoms with van der Waals surface area (Å²) in [6.45, 7) is 8.46. The number of carbonyl (C=O) groups is 2. The van der Waals surface area contributed by atoms with Crippen molar-refractivity contribution in [3.05, 3.63) is 53.9 Å². The number of carbonyl (C=O) groups excluding carboxylic acids is 2. The summed E-state index contributed by atoms with van der Waals surface area (Å²) in [5.41, 5.74) is 1.57. The largest absolute Gasteiger partial charge is 0.353 e. The lowest BCUT2D eigenvalue weighted by atomic mass is 10.1. The third kappa shape index (κ3) is 5.99. The van der Waals surface area contributed by atoms with Crippen LogP contribution in [-0.2, 0) is 4.79 Å². The number of nitrogens with one attached hydrogen (secondary N) is 2. The van der Waals surface area contributed by atoms with E-state index in [0.29, 0.717) is 12.1 Å². The smallest absolute Gasteiger partial charge is 0.251 e. The van der Waals surface area contributed by atoms with E-state index in [1.54, 1.807) is 31.5 Å². The summed E-state index contributed by atoms with van der Waals surface area (Å²) >= 11 is 0. The molecule has 1 aromatic heterocycles. The highest BCUT2D eigenvalue weighted by Gasteiger charge is 2.20. The fourth-order valence-electron chi connectivity index (χ4n) is 3.25. The standard InChI is InChI=1S/C21H28N6O2/c1-16-5-3-6-18(15-16)20(29)25-17(2)19(28)22-9-10-26-11-13-27(14-12-26)21-23-7-4-8-24-21/h3-8,15,17H,9-14H2,1-2H3,(H,22,28)(H,25,29). The molecule has 1 aromatic carbocycles. The molecular weight excluding hydrogens is 368 g/mol. The van der Waals surface area contributed by atoms with Crippen LogP contribution in [0.4, 0.5) is 5.95 Å². The average Bonchev–Trinajstić information content (AvgIpc) is 2.74. The van der Waals surface area contributed by atoms with E-state index in [-0.39, 0.29) is 11.8 Å². The van der Waals surface area contributed by atoms with E-state index < -0.39 is 6.04 Å². The van der Waals surface area contributed by atoms with Gasteiger partial charge in [0.2, 0.25) is 11.9 Å². The predicted molar refractivity (Wildman–Crippen MR) is 112 cm³/mol. The van der Waals surface area contributed by atoms with Crippen molar-refractivity contribution in [2.75, 3.05) is 44.2 Å². The van der Waals surface area contributed by atoms with Gasteiger partial charge >= 0.3 is 0 Å². The molecule has 8 heteroatoms. The van der Waals surface area contributed by atoms with Crippen molar-refractivity contribution in [3.63, 3.8) is 0 Å². The highest BCUT2D eigenvalue weighted by Crippen LogP contribution is 2.09. The summed E-state index contributed by atoms with van der Waals surface area (Å²) in [6.07, 6.45) is 3.51. The molecule has 8 nitrogen and oxygen atoms in total. The van der Waals surface area contributed by atoms with Crippen molar-refractivity contribution in [2.24, 2.45) is 0 Å². The van der Waals surface area contributed by atoms with Gasteiger partial charge in [0.25, 0.3) is 5.91 Å². The van der Waals surface area contributed by atoms with E-state index in [0.717, 1.165) is 44.2 Å². The molecule has 2 N–H and O–H groups in total. The van der Waals surface area contributed by atoms with Crippen LogP contribution in [0.5, 0.6) is 0 Å². The van der Waals surface area contributed by atoms with Crippen molar-refractivity contribution < 1.29 is 9.59 Å². The number of amides is 2. The van der Waals surface area contributed by atoms with Gasteiger partial charge in [-0.25, -0.2) is 9.97 Å². The second-order valence-corrected chi connectivity index (χ2v) is 7.23. The molecule has 0 saturated carbocycles. The number of hydrogen-bond donors (Lipinski definition) is 2. The summed E-state index contributed by atoms with van der Waals surface area (Å²) in [5.74, 6) is 0.344. The molecule has 0 aliphatic carbocycles. The van der Waals surface area contributed by atoms with Crippen molar-refractivity contribution in [3.8, 4) is 0 Å². The Labute approximate surface area is 171 Å². The number of hydrogen-bond acceptors (Lipinski definition) is 6. The van der Waals surface area contributed by atoms with Crippen LogP contribution < -0.4 is 15.5 Å². The van der Waals surface area contributed by atoms with Crippen molar-refractivity contribution in [1.29, 1.82) is 0 Å². The minimum absolute atomic E-state index is 0.178. The monoisotopic (exact) mass is 396 g/mol. The minimum atomic E-state index is -0.588. The number of piperazine rings is 1. The molecule has 2 heterocycles. The number of aryl methyl sites for hydroxylation is 1. The first-order valence-electron chi connectivity index (χ1n) is 9.92. The van der Waals surface area contributed by atoms with Crippen LogP contribution >= 0.6 is 0 Å². The number of benzene rings is 1. The topological polar surface area (TPSA) is 90.5 Å². The van der Waals surface area contributed by atoms with Crippen LogP contribution in [0.2, 0.25) is 0 Å². The van der Waals surface area contributed by atoms with Gasteiger partial charge < -0.3 is 15.5 Å². The molecule has 0 spiro atoms. The molecule has 2 amide bonds. The highest BCUT2D eigenvalue weighted by atomic mass is 16.2. The Bertz CT molecular complexity index is 821. The summed E-state index contributed by atoms with van der Waals surface area (Å²) in [5, 5.41) is 5.66. The lowest BCUT2D eigenvalue weighted by Crippen LogP contribution is -2.50. The molecule has 1 atom stereocenters. The van der Waals surface area contributed by atoms with E-state index in [1.807, 2.05) is 25.1 Å². The Kier molecular flexibility index (Phi) is 7.13. The number of anilines is 1. The van der Waals surface area contributed by atoms with Crippen LogP contribution in [0.15, 0.2) is 42.7 Å². The molecule has 1 unspecified atom stereocenters. The number of aromatic nitrogens is 2. The first-order valence-corrected chi connectivity index (χ1v) is 9.92. The molecular formula is C21H28N6O2. The number of rotatable bonds is 7. The maximum Gasteiger partial charge on any atom is 0.251 e. The average molecular weight is 396 g/mol. The third-order valence-electron chi connectivity index (χ3n) is 4.96. The van der Waals surface area contributed by atoms with Gasteiger partial charge in [0.15, 0.2) is 0 Å². The maximum absolute atomic E-state index is 12.3. The molecule has 1 aliphatic rings. The van der Waals surface area contributed by atoms with Gasteiger partial charge in [0, 0.05) is 57.2 Å². The van der Waals surface area contributed by atoms with Crippen molar-refractivity contribution >= 4 is 17.8 Å². The lowest BCUT2D eigenvalue weighted by Gasteiger charge is -2.34. The van der Waals surface area contributed by atoms with Gasteiger partial charge in [0.1, 0.15) is 6.04 Å². The summed E-state index contributed by atoms with van der Waals surface area (Å²) < 4.78 is 0. The summed E-state index contributed by atoms with van der Waals surface area (Å²) in [7, 11) is 0. The van der Waals surface area contributed by atoms with Gasteiger partial charge in [-0.2, -0.15) is 0 Å². The fourth-order valence-corrected chi connectivity index (χ4v) is 3.25. The molecule has 1 fully saturated rings. The Hall–Kier alpha value is -3.00. The molecule has 0 radical (unpaired) electrons.